The third-order valence-corrected chi connectivity index (χ3v) is 7.26. The maximum atomic E-state index is 13.1. The van der Waals surface area contributed by atoms with Crippen LogP contribution >= 0.6 is 58.2 Å². The van der Waals surface area contributed by atoms with Gasteiger partial charge in [0.2, 0.25) is 11.8 Å². The third-order valence-electron chi connectivity index (χ3n) is 4.87. The van der Waals surface area contributed by atoms with Gasteiger partial charge in [0.25, 0.3) is 0 Å². The van der Waals surface area contributed by atoms with E-state index >= 15 is 0 Å². The predicted octanol–water partition coefficient (Wildman–Crippen LogP) is 6.87. The number of hydrogen-bond acceptors (Lipinski definition) is 3. The Morgan fingerprint density at radius 2 is 1.72 bits per heavy atom. The van der Waals surface area contributed by atoms with Gasteiger partial charge in [-0.2, -0.15) is 0 Å². The first-order valence-electron chi connectivity index (χ1n) is 10.3. The van der Waals surface area contributed by atoms with E-state index in [0.29, 0.717) is 32.4 Å². The first kappa shape index (κ1) is 27.1. The van der Waals surface area contributed by atoms with Crippen molar-refractivity contribution < 1.29 is 9.59 Å². The summed E-state index contributed by atoms with van der Waals surface area (Å²) in [5.41, 5.74) is 1.58. The SMILES string of the molecule is CCCCNC(=O)C(C)N(Cc1ccc(Cl)c(Cl)c1)C(=O)CSCc1c(Cl)cccc1Cl. The lowest BCUT2D eigenvalue weighted by molar-refractivity contribution is -0.138. The lowest BCUT2D eigenvalue weighted by Crippen LogP contribution is -2.48. The van der Waals surface area contributed by atoms with Crippen molar-refractivity contribution in [1.82, 2.24) is 10.2 Å². The molecular formula is C23H26Cl4N2O2S. The largest absolute Gasteiger partial charge is 0.354 e. The van der Waals surface area contributed by atoms with Crippen molar-refractivity contribution in [3.8, 4) is 0 Å². The zero-order valence-corrected chi connectivity index (χ0v) is 21.8. The van der Waals surface area contributed by atoms with Crippen molar-refractivity contribution >= 4 is 70.0 Å². The number of hydrogen-bond donors (Lipinski definition) is 1. The molecule has 2 aromatic rings. The Morgan fingerprint density at radius 3 is 2.34 bits per heavy atom. The van der Waals surface area contributed by atoms with Gasteiger partial charge in [-0.15, -0.1) is 11.8 Å². The minimum Gasteiger partial charge on any atom is -0.354 e. The van der Waals surface area contributed by atoms with Crippen LogP contribution in [0.1, 0.15) is 37.8 Å². The number of rotatable bonds is 11. The van der Waals surface area contributed by atoms with Crippen molar-refractivity contribution in [3.63, 3.8) is 0 Å². The van der Waals surface area contributed by atoms with Crippen LogP contribution in [-0.4, -0.2) is 35.1 Å². The van der Waals surface area contributed by atoms with E-state index in [1.54, 1.807) is 48.2 Å². The number of unbranched alkanes of at least 4 members (excludes halogenated alkanes) is 1. The van der Waals surface area contributed by atoms with Crippen molar-refractivity contribution in [2.75, 3.05) is 12.3 Å². The zero-order valence-electron chi connectivity index (χ0n) is 18.0. The Balaban J connectivity index is 2.11. The third kappa shape index (κ3) is 8.03. The number of carbonyl (C=O) groups excluding carboxylic acids is 2. The van der Waals surface area contributed by atoms with E-state index in [9.17, 15) is 9.59 Å². The molecular weight excluding hydrogens is 510 g/mol. The predicted molar refractivity (Wildman–Crippen MR) is 137 cm³/mol. The van der Waals surface area contributed by atoms with E-state index in [-0.39, 0.29) is 24.1 Å². The number of nitrogens with zero attached hydrogens (tertiary/aromatic N) is 1. The first-order chi connectivity index (χ1) is 15.2. The average Bonchev–Trinajstić information content (AvgIpc) is 2.76. The van der Waals surface area contributed by atoms with Gasteiger partial charge in [-0.3, -0.25) is 9.59 Å². The summed E-state index contributed by atoms with van der Waals surface area (Å²) in [6, 6.07) is 9.87. The van der Waals surface area contributed by atoms with Crippen LogP contribution < -0.4 is 5.32 Å². The molecule has 0 saturated carbocycles. The number of amides is 2. The number of halogens is 4. The molecule has 174 valence electrons. The zero-order chi connectivity index (χ0) is 23.7. The van der Waals surface area contributed by atoms with E-state index in [1.807, 2.05) is 0 Å². The second-order valence-corrected chi connectivity index (χ2v) is 9.90. The Labute approximate surface area is 213 Å². The van der Waals surface area contributed by atoms with Crippen molar-refractivity contribution in [1.29, 1.82) is 0 Å². The number of thioether (sulfide) groups is 1. The highest BCUT2D eigenvalue weighted by Gasteiger charge is 2.26. The summed E-state index contributed by atoms with van der Waals surface area (Å²) in [7, 11) is 0. The van der Waals surface area contributed by atoms with E-state index in [0.717, 1.165) is 24.0 Å². The summed E-state index contributed by atoms with van der Waals surface area (Å²) in [6.07, 6.45) is 1.86. The van der Waals surface area contributed by atoms with Crippen LogP contribution in [0.4, 0.5) is 0 Å². The van der Waals surface area contributed by atoms with Gasteiger partial charge in [-0.05, 0) is 48.7 Å². The molecule has 0 aliphatic heterocycles. The molecule has 0 heterocycles. The number of carbonyl (C=O) groups is 2. The van der Waals surface area contributed by atoms with E-state index in [1.165, 1.54) is 11.8 Å². The first-order valence-corrected chi connectivity index (χ1v) is 12.9. The molecule has 0 spiro atoms. The van der Waals surface area contributed by atoms with Gasteiger partial charge in [0.15, 0.2) is 0 Å². The molecule has 2 rings (SSSR count). The summed E-state index contributed by atoms with van der Waals surface area (Å²) in [4.78, 5) is 27.4. The Bertz CT molecular complexity index is 922. The lowest BCUT2D eigenvalue weighted by Gasteiger charge is -2.29. The van der Waals surface area contributed by atoms with Crippen molar-refractivity contribution in [3.05, 3.63) is 67.6 Å². The van der Waals surface area contributed by atoms with Gasteiger partial charge in [-0.1, -0.05) is 71.9 Å². The van der Waals surface area contributed by atoms with E-state index in [4.69, 9.17) is 46.4 Å². The van der Waals surface area contributed by atoms with Gasteiger partial charge in [0, 0.05) is 28.9 Å². The van der Waals surface area contributed by atoms with Gasteiger partial charge >= 0.3 is 0 Å². The maximum Gasteiger partial charge on any atom is 0.242 e. The molecule has 9 heteroatoms. The summed E-state index contributed by atoms with van der Waals surface area (Å²) in [6.45, 7) is 4.60. The maximum absolute atomic E-state index is 13.1. The standard InChI is InChI=1S/C23H26Cl4N2O2S/c1-3-4-10-28-23(31)15(2)29(12-16-8-9-20(26)21(27)11-16)22(30)14-32-13-17-18(24)6-5-7-19(17)25/h5-9,11,15H,3-4,10,12-14H2,1-2H3,(H,28,31). The molecule has 1 atom stereocenters. The molecule has 0 saturated heterocycles. The van der Waals surface area contributed by atoms with Crippen LogP contribution in [-0.2, 0) is 21.9 Å². The minimum atomic E-state index is -0.640. The van der Waals surface area contributed by atoms with E-state index < -0.39 is 6.04 Å². The van der Waals surface area contributed by atoms with Gasteiger partial charge < -0.3 is 10.2 Å². The highest BCUT2D eigenvalue weighted by atomic mass is 35.5. The Morgan fingerprint density at radius 1 is 1.03 bits per heavy atom. The highest BCUT2D eigenvalue weighted by Crippen LogP contribution is 2.29. The lowest BCUT2D eigenvalue weighted by atomic mass is 10.1. The molecule has 32 heavy (non-hydrogen) atoms. The van der Waals surface area contributed by atoms with Crippen LogP contribution in [0.2, 0.25) is 20.1 Å². The normalized spacial score (nSPS) is 11.8. The molecule has 2 amide bonds. The molecule has 0 aromatic heterocycles. The van der Waals surface area contributed by atoms with Crippen LogP contribution in [0.15, 0.2) is 36.4 Å². The summed E-state index contributed by atoms with van der Waals surface area (Å²) in [5.74, 6) is 0.311. The molecule has 4 nitrogen and oxygen atoms in total. The minimum absolute atomic E-state index is 0.164. The number of benzene rings is 2. The molecule has 0 aliphatic carbocycles. The molecule has 0 bridgehead atoms. The Kier molecular flexibility index (Phi) is 11.5. The van der Waals surface area contributed by atoms with Crippen molar-refractivity contribution in [2.24, 2.45) is 0 Å². The van der Waals surface area contributed by atoms with Gasteiger partial charge in [0.05, 0.1) is 15.8 Å². The van der Waals surface area contributed by atoms with Gasteiger partial charge in [-0.25, -0.2) is 0 Å². The highest BCUT2D eigenvalue weighted by molar-refractivity contribution is 7.99. The summed E-state index contributed by atoms with van der Waals surface area (Å²) < 4.78 is 0. The molecule has 0 fully saturated rings. The molecule has 0 radical (unpaired) electrons. The quantitative estimate of drug-likeness (QED) is 0.319. The second-order valence-electron chi connectivity index (χ2n) is 7.28. The van der Waals surface area contributed by atoms with Gasteiger partial charge in [0.1, 0.15) is 6.04 Å². The fraction of sp³-hybridized carbons (Fsp3) is 0.391. The average molecular weight is 536 g/mol. The van der Waals surface area contributed by atoms with Crippen LogP contribution in [0.3, 0.4) is 0 Å². The molecule has 0 aliphatic rings. The monoisotopic (exact) mass is 534 g/mol. The second kappa shape index (κ2) is 13.6. The van der Waals surface area contributed by atoms with Crippen molar-refractivity contribution in [2.45, 2.75) is 45.0 Å². The van der Waals surface area contributed by atoms with Crippen LogP contribution in [0.25, 0.3) is 0 Å². The molecule has 2 aromatic carbocycles. The summed E-state index contributed by atoms with van der Waals surface area (Å²) in [5, 5.41) is 4.87. The molecule has 1 N–H and O–H groups in total. The number of nitrogens with one attached hydrogen (secondary N) is 1. The van der Waals surface area contributed by atoms with E-state index in [2.05, 4.69) is 12.2 Å². The fourth-order valence-electron chi connectivity index (χ4n) is 2.95. The van der Waals surface area contributed by atoms with Crippen LogP contribution in [0, 0.1) is 0 Å². The summed E-state index contributed by atoms with van der Waals surface area (Å²) >= 11 is 26.0. The Hall–Kier alpha value is -1.11. The fourth-order valence-corrected chi connectivity index (χ4v) is 4.91. The topological polar surface area (TPSA) is 49.4 Å². The molecule has 1 unspecified atom stereocenters. The smallest absolute Gasteiger partial charge is 0.242 e. The van der Waals surface area contributed by atoms with Crippen LogP contribution in [0.5, 0.6) is 0 Å².